The predicted molar refractivity (Wildman–Crippen MR) is 109 cm³/mol. The molecule has 0 unspecified atom stereocenters. The van der Waals surface area contributed by atoms with E-state index in [-0.39, 0.29) is 11.8 Å². The highest BCUT2D eigenvalue weighted by molar-refractivity contribution is 7.12. The average molecular weight is 392 g/mol. The van der Waals surface area contributed by atoms with Crippen LogP contribution in [0.5, 0.6) is 11.5 Å². The first-order chi connectivity index (χ1) is 13.7. The maximum atomic E-state index is 12.8. The number of ether oxygens (including phenoxy) is 1. The Labute approximate surface area is 167 Å². The standard InChI is InChI=1S/C22H20N2O3S/c25-21(17-8-10-19(11-9-17)27-18-5-2-1-3-6-18)23-12-14-24(15-13-23)22(26)20-7-4-16-28-20/h1-11,16H,12-15H2. The Hall–Kier alpha value is -3.12. The molecular weight excluding hydrogens is 372 g/mol. The number of piperazine rings is 1. The summed E-state index contributed by atoms with van der Waals surface area (Å²) in [5.74, 6) is 1.47. The molecule has 1 aliphatic rings. The number of benzene rings is 2. The lowest BCUT2D eigenvalue weighted by Crippen LogP contribution is -2.50. The lowest BCUT2D eigenvalue weighted by atomic mass is 10.1. The summed E-state index contributed by atoms with van der Waals surface area (Å²) in [7, 11) is 0. The van der Waals surface area contributed by atoms with Crippen molar-refractivity contribution in [2.24, 2.45) is 0 Å². The molecule has 0 saturated carbocycles. The Kier molecular flexibility index (Phi) is 5.39. The van der Waals surface area contributed by atoms with Crippen molar-refractivity contribution in [2.75, 3.05) is 26.2 Å². The molecule has 0 bridgehead atoms. The van der Waals surface area contributed by atoms with Crippen LogP contribution in [-0.4, -0.2) is 47.8 Å². The number of hydrogen-bond donors (Lipinski definition) is 0. The summed E-state index contributed by atoms with van der Waals surface area (Å²) >= 11 is 1.45. The van der Waals surface area contributed by atoms with Gasteiger partial charge in [-0.25, -0.2) is 0 Å². The predicted octanol–water partition coefficient (Wildman–Crippen LogP) is 4.14. The third kappa shape index (κ3) is 4.07. The van der Waals surface area contributed by atoms with Gasteiger partial charge in [0, 0.05) is 31.7 Å². The van der Waals surface area contributed by atoms with Gasteiger partial charge in [-0.2, -0.15) is 0 Å². The first-order valence-corrected chi connectivity index (χ1v) is 10.0. The second-order valence-corrected chi connectivity index (χ2v) is 7.45. The molecule has 6 heteroatoms. The Bertz CT molecular complexity index is 932. The number of nitrogens with zero attached hydrogens (tertiary/aromatic N) is 2. The zero-order valence-electron chi connectivity index (χ0n) is 15.3. The van der Waals surface area contributed by atoms with Gasteiger partial charge in [0.05, 0.1) is 4.88 Å². The van der Waals surface area contributed by atoms with E-state index < -0.39 is 0 Å². The summed E-state index contributed by atoms with van der Waals surface area (Å²) in [6, 6.07) is 20.4. The Morgan fingerprint density at radius 3 is 1.93 bits per heavy atom. The minimum absolute atomic E-state index is 0.0190. The van der Waals surface area contributed by atoms with Crippen molar-refractivity contribution in [3.8, 4) is 11.5 Å². The van der Waals surface area contributed by atoms with E-state index in [0.717, 1.165) is 10.6 Å². The Balaban J connectivity index is 1.34. The van der Waals surface area contributed by atoms with Gasteiger partial charge >= 0.3 is 0 Å². The van der Waals surface area contributed by atoms with Gasteiger partial charge in [0.25, 0.3) is 11.8 Å². The number of rotatable bonds is 4. The van der Waals surface area contributed by atoms with Crippen LogP contribution < -0.4 is 4.74 Å². The van der Waals surface area contributed by atoms with Crippen LogP contribution >= 0.6 is 11.3 Å². The molecule has 0 N–H and O–H groups in total. The third-order valence-electron chi connectivity index (χ3n) is 4.67. The molecule has 1 aromatic heterocycles. The number of thiophene rings is 1. The van der Waals surface area contributed by atoms with Crippen molar-refractivity contribution in [2.45, 2.75) is 0 Å². The highest BCUT2D eigenvalue weighted by atomic mass is 32.1. The van der Waals surface area contributed by atoms with Gasteiger partial charge in [0.1, 0.15) is 11.5 Å². The third-order valence-corrected chi connectivity index (χ3v) is 5.52. The summed E-state index contributed by atoms with van der Waals surface area (Å²) in [6.45, 7) is 2.19. The lowest BCUT2D eigenvalue weighted by molar-refractivity contribution is 0.0538. The second kappa shape index (κ2) is 8.27. The summed E-state index contributed by atoms with van der Waals surface area (Å²) in [6.07, 6.45) is 0. The van der Waals surface area contributed by atoms with E-state index in [1.165, 1.54) is 11.3 Å². The molecule has 1 saturated heterocycles. The minimum Gasteiger partial charge on any atom is -0.457 e. The molecule has 2 aromatic carbocycles. The normalized spacial score (nSPS) is 14.0. The molecule has 142 valence electrons. The van der Waals surface area contributed by atoms with Gasteiger partial charge in [0.15, 0.2) is 0 Å². The van der Waals surface area contributed by atoms with Crippen molar-refractivity contribution in [3.05, 3.63) is 82.6 Å². The summed E-state index contributed by atoms with van der Waals surface area (Å²) < 4.78 is 5.77. The molecule has 28 heavy (non-hydrogen) atoms. The van der Waals surface area contributed by atoms with Gasteiger partial charge in [-0.3, -0.25) is 9.59 Å². The maximum absolute atomic E-state index is 12.8. The van der Waals surface area contributed by atoms with Gasteiger partial charge < -0.3 is 14.5 Å². The maximum Gasteiger partial charge on any atom is 0.264 e. The largest absolute Gasteiger partial charge is 0.457 e. The quantitative estimate of drug-likeness (QED) is 0.671. The molecule has 0 atom stereocenters. The second-order valence-electron chi connectivity index (χ2n) is 6.50. The SMILES string of the molecule is O=C(c1ccc(Oc2ccccc2)cc1)N1CCN(C(=O)c2cccs2)CC1. The highest BCUT2D eigenvalue weighted by Crippen LogP contribution is 2.22. The van der Waals surface area contributed by atoms with Crippen molar-refractivity contribution in [1.29, 1.82) is 0 Å². The molecule has 3 aromatic rings. The van der Waals surface area contributed by atoms with Crippen LogP contribution in [0, 0.1) is 0 Å². The van der Waals surface area contributed by atoms with Crippen LogP contribution in [-0.2, 0) is 0 Å². The van der Waals surface area contributed by atoms with Crippen LogP contribution in [0.1, 0.15) is 20.0 Å². The van der Waals surface area contributed by atoms with E-state index in [0.29, 0.717) is 37.5 Å². The number of hydrogen-bond acceptors (Lipinski definition) is 4. The molecular formula is C22H20N2O3S. The van der Waals surface area contributed by atoms with Crippen LogP contribution in [0.15, 0.2) is 72.1 Å². The highest BCUT2D eigenvalue weighted by Gasteiger charge is 2.25. The molecule has 4 rings (SSSR count). The zero-order chi connectivity index (χ0) is 19.3. The topological polar surface area (TPSA) is 49.9 Å². The van der Waals surface area contributed by atoms with Crippen molar-refractivity contribution in [3.63, 3.8) is 0 Å². The van der Waals surface area contributed by atoms with Gasteiger partial charge in [0.2, 0.25) is 0 Å². The lowest BCUT2D eigenvalue weighted by Gasteiger charge is -2.34. The van der Waals surface area contributed by atoms with Crippen LogP contribution in [0.25, 0.3) is 0 Å². The fourth-order valence-corrected chi connectivity index (χ4v) is 3.83. The fourth-order valence-electron chi connectivity index (χ4n) is 3.14. The van der Waals surface area contributed by atoms with E-state index in [4.69, 9.17) is 4.74 Å². The number of carbonyl (C=O) groups excluding carboxylic acids is 2. The van der Waals surface area contributed by atoms with Crippen LogP contribution in [0.2, 0.25) is 0 Å². The number of para-hydroxylation sites is 1. The van der Waals surface area contributed by atoms with E-state index >= 15 is 0 Å². The molecule has 1 fully saturated rings. The molecule has 0 spiro atoms. The number of carbonyl (C=O) groups is 2. The average Bonchev–Trinajstić information content (AvgIpc) is 3.29. The summed E-state index contributed by atoms with van der Waals surface area (Å²) in [5, 5.41) is 1.90. The summed E-state index contributed by atoms with van der Waals surface area (Å²) in [5.41, 5.74) is 0.624. The minimum atomic E-state index is -0.0190. The van der Waals surface area contributed by atoms with E-state index in [2.05, 4.69) is 0 Å². The summed E-state index contributed by atoms with van der Waals surface area (Å²) in [4.78, 5) is 29.5. The smallest absolute Gasteiger partial charge is 0.264 e. The first-order valence-electron chi connectivity index (χ1n) is 9.16. The van der Waals surface area contributed by atoms with E-state index in [1.807, 2.05) is 52.7 Å². The molecule has 0 aliphatic carbocycles. The zero-order valence-corrected chi connectivity index (χ0v) is 16.1. The first kappa shape index (κ1) is 18.3. The molecule has 2 heterocycles. The van der Waals surface area contributed by atoms with Crippen LogP contribution in [0.4, 0.5) is 0 Å². The van der Waals surface area contributed by atoms with E-state index in [1.54, 1.807) is 29.2 Å². The Morgan fingerprint density at radius 2 is 1.32 bits per heavy atom. The van der Waals surface area contributed by atoms with E-state index in [9.17, 15) is 9.59 Å². The van der Waals surface area contributed by atoms with Gasteiger partial charge in [-0.15, -0.1) is 11.3 Å². The monoisotopic (exact) mass is 392 g/mol. The van der Waals surface area contributed by atoms with Crippen molar-refractivity contribution >= 4 is 23.2 Å². The Morgan fingerprint density at radius 1 is 0.714 bits per heavy atom. The molecule has 5 nitrogen and oxygen atoms in total. The van der Waals surface area contributed by atoms with Crippen molar-refractivity contribution in [1.82, 2.24) is 9.80 Å². The number of amides is 2. The fraction of sp³-hybridized carbons (Fsp3) is 0.182. The van der Waals surface area contributed by atoms with Crippen LogP contribution in [0.3, 0.4) is 0 Å². The molecule has 1 aliphatic heterocycles. The molecule has 0 radical (unpaired) electrons. The van der Waals surface area contributed by atoms with Crippen molar-refractivity contribution < 1.29 is 14.3 Å². The van der Waals surface area contributed by atoms with Gasteiger partial charge in [-0.1, -0.05) is 24.3 Å². The molecule has 2 amide bonds. The van der Waals surface area contributed by atoms with Gasteiger partial charge in [-0.05, 0) is 47.8 Å².